The summed E-state index contributed by atoms with van der Waals surface area (Å²) in [5.41, 5.74) is 0. The molecule has 2 aromatic rings. The fourth-order valence-corrected chi connectivity index (χ4v) is 3.72. The summed E-state index contributed by atoms with van der Waals surface area (Å²) in [5, 5.41) is 8.86. The fourth-order valence-electron chi connectivity index (χ4n) is 3.72. The van der Waals surface area contributed by atoms with Gasteiger partial charge >= 0.3 is 0 Å². The van der Waals surface area contributed by atoms with Crippen molar-refractivity contribution in [3.63, 3.8) is 0 Å². The highest BCUT2D eigenvalue weighted by atomic mass is 16.5. The normalized spacial score (nSPS) is 17.5. The molecule has 2 aliphatic rings. The number of piperazine rings is 1. The van der Waals surface area contributed by atoms with Gasteiger partial charge < -0.3 is 19.4 Å². The summed E-state index contributed by atoms with van der Waals surface area (Å²) < 4.78 is 5.57. The lowest BCUT2D eigenvalue weighted by Gasteiger charge is -2.35. The van der Waals surface area contributed by atoms with Crippen LogP contribution in [0.4, 0.5) is 11.6 Å². The van der Waals surface area contributed by atoms with Gasteiger partial charge in [-0.15, -0.1) is 10.2 Å². The van der Waals surface area contributed by atoms with Crippen LogP contribution in [0.15, 0.2) is 42.5 Å². The Morgan fingerprint density at radius 2 is 1.39 bits per heavy atom. The van der Waals surface area contributed by atoms with Gasteiger partial charge in [-0.3, -0.25) is 4.79 Å². The maximum absolute atomic E-state index is 12.4. The average molecular weight is 381 g/mol. The number of carbonyl (C=O) groups is 1. The van der Waals surface area contributed by atoms with E-state index in [0.717, 1.165) is 43.6 Å². The topological polar surface area (TPSA) is 61.8 Å². The van der Waals surface area contributed by atoms with Crippen LogP contribution in [-0.2, 0) is 4.79 Å². The van der Waals surface area contributed by atoms with Crippen molar-refractivity contribution in [1.29, 1.82) is 0 Å². The van der Waals surface area contributed by atoms with Crippen molar-refractivity contribution in [2.24, 2.45) is 0 Å². The van der Waals surface area contributed by atoms with Crippen LogP contribution < -0.4 is 14.5 Å². The highest BCUT2D eigenvalue weighted by Gasteiger charge is 2.23. The van der Waals surface area contributed by atoms with Crippen LogP contribution in [0.1, 0.15) is 19.3 Å². The van der Waals surface area contributed by atoms with Crippen LogP contribution in [0.25, 0.3) is 0 Å². The summed E-state index contributed by atoms with van der Waals surface area (Å²) in [7, 11) is 0. The van der Waals surface area contributed by atoms with E-state index in [-0.39, 0.29) is 12.5 Å². The standard InChI is InChI=1S/C21H27N5O2/c27-21(17-28-18-7-3-1-4-8-18)26-15-13-25(14-16-26)20-10-9-19(22-23-20)24-11-5-2-6-12-24/h1,3-4,7-10H,2,5-6,11-17H2. The van der Waals surface area contributed by atoms with E-state index >= 15 is 0 Å². The van der Waals surface area contributed by atoms with Crippen LogP contribution in [-0.4, -0.2) is 66.9 Å². The average Bonchev–Trinajstić information content (AvgIpc) is 2.79. The third kappa shape index (κ3) is 4.52. The van der Waals surface area contributed by atoms with Gasteiger partial charge in [-0.1, -0.05) is 18.2 Å². The first kappa shape index (κ1) is 18.5. The molecule has 0 aliphatic carbocycles. The van der Waals surface area contributed by atoms with Crippen molar-refractivity contribution < 1.29 is 9.53 Å². The van der Waals surface area contributed by atoms with Crippen LogP contribution >= 0.6 is 0 Å². The molecule has 2 aliphatic heterocycles. The number of aromatic nitrogens is 2. The van der Waals surface area contributed by atoms with Crippen LogP contribution in [0.3, 0.4) is 0 Å². The second kappa shape index (κ2) is 8.91. The summed E-state index contributed by atoms with van der Waals surface area (Å²) in [4.78, 5) is 18.7. The van der Waals surface area contributed by atoms with Gasteiger partial charge in [0.2, 0.25) is 0 Å². The largest absolute Gasteiger partial charge is 0.484 e. The molecular formula is C21H27N5O2. The van der Waals surface area contributed by atoms with Crippen molar-refractivity contribution in [3.8, 4) is 5.75 Å². The molecule has 0 N–H and O–H groups in total. The van der Waals surface area contributed by atoms with E-state index in [1.807, 2.05) is 41.3 Å². The Labute approximate surface area is 165 Å². The van der Waals surface area contributed by atoms with Crippen LogP contribution in [0.2, 0.25) is 0 Å². The maximum Gasteiger partial charge on any atom is 0.260 e. The lowest BCUT2D eigenvalue weighted by Crippen LogP contribution is -2.50. The Hall–Kier alpha value is -2.83. The van der Waals surface area contributed by atoms with Crippen molar-refractivity contribution >= 4 is 17.5 Å². The first-order chi connectivity index (χ1) is 13.8. The van der Waals surface area contributed by atoms with Gasteiger partial charge in [0.1, 0.15) is 5.75 Å². The quantitative estimate of drug-likeness (QED) is 0.791. The second-order valence-electron chi connectivity index (χ2n) is 7.27. The molecule has 0 radical (unpaired) electrons. The van der Waals surface area contributed by atoms with Gasteiger partial charge in [-0.05, 0) is 43.5 Å². The lowest BCUT2D eigenvalue weighted by molar-refractivity contribution is -0.133. The van der Waals surface area contributed by atoms with Gasteiger partial charge in [0.05, 0.1) is 0 Å². The number of ether oxygens (including phenoxy) is 1. The molecule has 148 valence electrons. The molecule has 1 aromatic carbocycles. The summed E-state index contributed by atoms with van der Waals surface area (Å²) >= 11 is 0. The van der Waals surface area contributed by atoms with Crippen molar-refractivity contribution in [2.45, 2.75) is 19.3 Å². The summed E-state index contributed by atoms with van der Waals surface area (Å²) in [5.74, 6) is 2.59. The zero-order valence-corrected chi connectivity index (χ0v) is 16.2. The van der Waals surface area contributed by atoms with Gasteiger partial charge in [0, 0.05) is 39.3 Å². The number of benzene rings is 1. The first-order valence-corrected chi connectivity index (χ1v) is 10.1. The molecule has 28 heavy (non-hydrogen) atoms. The molecule has 7 nitrogen and oxygen atoms in total. The summed E-state index contributed by atoms with van der Waals surface area (Å²) in [6.07, 6.45) is 3.77. The van der Waals surface area contributed by atoms with Gasteiger partial charge in [0.25, 0.3) is 5.91 Å². The predicted octanol–water partition coefficient (Wildman–Crippen LogP) is 2.19. The van der Waals surface area contributed by atoms with E-state index in [0.29, 0.717) is 13.1 Å². The minimum Gasteiger partial charge on any atom is -0.484 e. The van der Waals surface area contributed by atoms with Crippen LogP contribution in [0, 0.1) is 0 Å². The minimum absolute atomic E-state index is 0.0232. The molecular weight excluding hydrogens is 354 g/mol. The Morgan fingerprint density at radius 1 is 0.786 bits per heavy atom. The molecule has 2 fully saturated rings. The monoisotopic (exact) mass is 381 g/mol. The zero-order valence-electron chi connectivity index (χ0n) is 16.2. The van der Waals surface area contributed by atoms with Gasteiger partial charge in [0.15, 0.2) is 18.2 Å². The number of hydrogen-bond acceptors (Lipinski definition) is 6. The molecule has 2 saturated heterocycles. The van der Waals surface area contributed by atoms with Crippen molar-refractivity contribution in [3.05, 3.63) is 42.5 Å². The zero-order chi connectivity index (χ0) is 19.2. The number of carbonyl (C=O) groups excluding carboxylic acids is 1. The number of rotatable bonds is 5. The van der Waals surface area contributed by atoms with E-state index in [1.54, 1.807) is 0 Å². The summed E-state index contributed by atoms with van der Waals surface area (Å²) in [6.45, 7) is 5.08. The smallest absolute Gasteiger partial charge is 0.260 e. The molecule has 1 aromatic heterocycles. The third-order valence-corrected chi connectivity index (χ3v) is 5.38. The Kier molecular flexibility index (Phi) is 5.89. The molecule has 0 bridgehead atoms. The van der Waals surface area contributed by atoms with E-state index in [1.165, 1.54) is 19.3 Å². The predicted molar refractivity (Wildman–Crippen MR) is 109 cm³/mol. The third-order valence-electron chi connectivity index (χ3n) is 5.38. The van der Waals surface area contributed by atoms with E-state index in [4.69, 9.17) is 4.74 Å². The molecule has 0 saturated carbocycles. The number of anilines is 2. The second-order valence-corrected chi connectivity index (χ2v) is 7.27. The van der Waals surface area contributed by atoms with Crippen LogP contribution in [0.5, 0.6) is 5.75 Å². The number of piperidine rings is 1. The maximum atomic E-state index is 12.4. The number of amides is 1. The molecule has 0 spiro atoms. The SMILES string of the molecule is O=C(COc1ccccc1)N1CCN(c2ccc(N3CCCCC3)nn2)CC1. The van der Waals surface area contributed by atoms with Gasteiger partial charge in [-0.25, -0.2) is 0 Å². The highest BCUT2D eigenvalue weighted by Crippen LogP contribution is 2.20. The van der Waals surface area contributed by atoms with E-state index < -0.39 is 0 Å². The Bertz CT molecular complexity index is 754. The molecule has 3 heterocycles. The molecule has 7 heteroatoms. The minimum atomic E-state index is 0.0232. The van der Waals surface area contributed by atoms with Crippen molar-refractivity contribution in [1.82, 2.24) is 15.1 Å². The number of hydrogen-bond donors (Lipinski definition) is 0. The Balaban J connectivity index is 1.26. The van der Waals surface area contributed by atoms with E-state index in [2.05, 4.69) is 26.1 Å². The number of para-hydroxylation sites is 1. The van der Waals surface area contributed by atoms with Crippen molar-refractivity contribution in [2.75, 3.05) is 55.7 Å². The first-order valence-electron chi connectivity index (χ1n) is 10.1. The lowest BCUT2D eigenvalue weighted by atomic mass is 10.1. The highest BCUT2D eigenvalue weighted by molar-refractivity contribution is 5.78. The fraction of sp³-hybridized carbons (Fsp3) is 0.476. The molecule has 1 amide bonds. The molecule has 0 unspecified atom stereocenters. The van der Waals surface area contributed by atoms with E-state index in [9.17, 15) is 4.79 Å². The van der Waals surface area contributed by atoms with Gasteiger partial charge in [-0.2, -0.15) is 0 Å². The molecule has 0 atom stereocenters. The summed E-state index contributed by atoms with van der Waals surface area (Å²) in [6, 6.07) is 13.6. The number of nitrogens with zero attached hydrogens (tertiary/aromatic N) is 5. The Morgan fingerprint density at radius 3 is 2.00 bits per heavy atom. The molecule has 4 rings (SSSR count).